The minimum Gasteiger partial charge on any atom is -0.467 e. The van der Waals surface area contributed by atoms with Gasteiger partial charge in [0.1, 0.15) is 17.8 Å². The zero-order valence-corrected chi connectivity index (χ0v) is 18.5. The van der Waals surface area contributed by atoms with E-state index in [9.17, 15) is 9.59 Å². The first-order valence-corrected chi connectivity index (χ1v) is 11.3. The Morgan fingerprint density at radius 2 is 2.03 bits per heavy atom. The number of amides is 1. The third-order valence-electron chi connectivity index (χ3n) is 7.10. The van der Waals surface area contributed by atoms with Crippen LogP contribution in [0.25, 0.3) is 21.8 Å². The number of carbonyl (C=O) groups excluding carboxylic acids is 1. The van der Waals surface area contributed by atoms with Crippen molar-refractivity contribution in [1.29, 1.82) is 0 Å². The first-order chi connectivity index (χ1) is 15.5. The van der Waals surface area contributed by atoms with Gasteiger partial charge < -0.3 is 14.3 Å². The molecule has 7 heteroatoms. The highest BCUT2D eigenvalue weighted by atomic mass is 16.3. The number of furan rings is 1. The van der Waals surface area contributed by atoms with Crippen LogP contribution in [0.3, 0.4) is 0 Å². The summed E-state index contributed by atoms with van der Waals surface area (Å²) >= 11 is 0. The molecule has 32 heavy (non-hydrogen) atoms. The van der Waals surface area contributed by atoms with Gasteiger partial charge >= 0.3 is 0 Å². The summed E-state index contributed by atoms with van der Waals surface area (Å²) in [5, 5.41) is 6.07. The predicted molar refractivity (Wildman–Crippen MR) is 123 cm³/mol. The number of hydrogen-bond acceptors (Lipinski definition) is 4. The number of fused-ring (bicyclic) bond motifs is 3. The minimum atomic E-state index is -0.282. The number of rotatable bonds is 5. The van der Waals surface area contributed by atoms with Crippen molar-refractivity contribution >= 4 is 27.7 Å². The molecule has 7 nitrogen and oxygen atoms in total. The molecule has 1 aromatic carbocycles. The lowest BCUT2D eigenvalue weighted by molar-refractivity contribution is -0.138. The second-order valence-corrected chi connectivity index (χ2v) is 9.00. The number of H-pyrrole nitrogens is 1. The SMILES string of the molecule is CC1CCCC(N(Cc2ccco2)C(=O)Cn2ncc3c([nH]c4ccccc43)c2=O)C1C. The molecule has 3 aromatic heterocycles. The van der Waals surface area contributed by atoms with Gasteiger partial charge in [-0.25, -0.2) is 4.68 Å². The van der Waals surface area contributed by atoms with Gasteiger partial charge in [-0.2, -0.15) is 5.10 Å². The van der Waals surface area contributed by atoms with Gasteiger partial charge in [0.25, 0.3) is 5.56 Å². The first-order valence-electron chi connectivity index (χ1n) is 11.3. The molecule has 0 spiro atoms. The van der Waals surface area contributed by atoms with E-state index < -0.39 is 0 Å². The van der Waals surface area contributed by atoms with Gasteiger partial charge in [-0.1, -0.05) is 44.9 Å². The van der Waals surface area contributed by atoms with Crippen LogP contribution in [-0.2, 0) is 17.9 Å². The zero-order valence-electron chi connectivity index (χ0n) is 18.5. The molecule has 3 atom stereocenters. The molecule has 0 aliphatic heterocycles. The summed E-state index contributed by atoms with van der Waals surface area (Å²) in [4.78, 5) is 31.8. The van der Waals surface area contributed by atoms with E-state index in [1.807, 2.05) is 41.3 Å². The normalized spacial score (nSPS) is 21.2. The third kappa shape index (κ3) is 3.61. The Morgan fingerprint density at radius 3 is 2.84 bits per heavy atom. The summed E-state index contributed by atoms with van der Waals surface area (Å²) in [6, 6.07) is 11.6. The molecule has 4 aromatic rings. The van der Waals surface area contributed by atoms with Crippen molar-refractivity contribution in [2.45, 2.75) is 52.2 Å². The van der Waals surface area contributed by atoms with Gasteiger partial charge in [0.05, 0.1) is 19.0 Å². The maximum Gasteiger partial charge on any atom is 0.291 e. The lowest BCUT2D eigenvalue weighted by Crippen LogP contribution is -2.48. The fourth-order valence-electron chi connectivity index (χ4n) is 5.06. The quantitative estimate of drug-likeness (QED) is 0.509. The van der Waals surface area contributed by atoms with Crippen molar-refractivity contribution < 1.29 is 9.21 Å². The fourth-order valence-corrected chi connectivity index (χ4v) is 5.06. The van der Waals surface area contributed by atoms with E-state index in [0.717, 1.165) is 34.9 Å². The molecule has 3 heterocycles. The summed E-state index contributed by atoms with van der Waals surface area (Å²) in [5.41, 5.74) is 1.08. The van der Waals surface area contributed by atoms with Crippen molar-refractivity contribution in [2.75, 3.05) is 0 Å². The van der Waals surface area contributed by atoms with E-state index >= 15 is 0 Å². The molecule has 1 saturated carbocycles. The van der Waals surface area contributed by atoms with E-state index in [4.69, 9.17) is 4.42 Å². The third-order valence-corrected chi connectivity index (χ3v) is 7.10. The van der Waals surface area contributed by atoms with Crippen LogP contribution in [0.5, 0.6) is 0 Å². The minimum absolute atomic E-state index is 0.0948. The van der Waals surface area contributed by atoms with Gasteiger partial charge in [-0.05, 0) is 36.5 Å². The van der Waals surface area contributed by atoms with E-state index in [-0.39, 0.29) is 24.1 Å². The number of para-hydroxylation sites is 1. The zero-order chi connectivity index (χ0) is 22.2. The van der Waals surface area contributed by atoms with Crippen molar-refractivity contribution in [3.05, 3.63) is 65.0 Å². The second-order valence-electron chi connectivity index (χ2n) is 9.00. The summed E-state index contributed by atoms with van der Waals surface area (Å²) in [6.07, 6.45) is 6.53. The molecular formula is C25H28N4O3. The number of benzene rings is 1. The van der Waals surface area contributed by atoms with Gasteiger partial charge in [0.2, 0.25) is 5.91 Å². The average Bonchev–Trinajstić information content (AvgIpc) is 3.44. The smallest absolute Gasteiger partial charge is 0.291 e. The molecule has 0 saturated heterocycles. The number of aromatic amines is 1. The molecule has 1 aliphatic rings. The Hall–Kier alpha value is -3.35. The number of hydrogen-bond donors (Lipinski definition) is 1. The van der Waals surface area contributed by atoms with Gasteiger partial charge in [0.15, 0.2) is 0 Å². The van der Waals surface area contributed by atoms with Crippen LogP contribution in [0.15, 0.2) is 58.1 Å². The van der Waals surface area contributed by atoms with Crippen molar-refractivity contribution in [3.63, 3.8) is 0 Å². The summed E-state index contributed by atoms with van der Waals surface area (Å²) in [6.45, 7) is 4.78. The standard InChI is InChI=1S/C25H28N4O3/c1-16-7-5-11-22(17(16)2)28(14-18-8-6-12-32-18)23(30)15-29-25(31)24-20(13-26-29)19-9-3-4-10-21(19)27-24/h3-4,6,8-10,12-13,16-17,22,27H,5,7,11,14-15H2,1-2H3. The lowest BCUT2D eigenvalue weighted by atomic mass is 9.77. The molecule has 0 radical (unpaired) electrons. The molecule has 3 unspecified atom stereocenters. The highest BCUT2D eigenvalue weighted by molar-refractivity contribution is 6.06. The number of nitrogens with zero attached hydrogens (tertiary/aromatic N) is 3. The Bertz CT molecular complexity index is 1300. The van der Waals surface area contributed by atoms with Crippen molar-refractivity contribution in [1.82, 2.24) is 19.7 Å². The van der Waals surface area contributed by atoms with Crippen molar-refractivity contribution in [2.24, 2.45) is 11.8 Å². The van der Waals surface area contributed by atoms with Crippen LogP contribution in [-0.4, -0.2) is 31.6 Å². The van der Waals surface area contributed by atoms with Gasteiger partial charge in [-0.15, -0.1) is 0 Å². The van der Waals surface area contributed by atoms with Crippen LogP contribution in [0, 0.1) is 11.8 Å². The summed E-state index contributed by atoms with van der Waals surface area (Å²) in [7, 11) is 0. The van der Waals surface area contributed by atoms with Crippen LogP contribution in [0.4, 0.5) is 0 Å². The highest BCUT2D eigenvalue weighted by Crippen LogP contribution is 2.34. The molecule has 1 N–H and O–H groups in total. The maximum absolute atomic E-state index is 13.5. The summed E-state index contributed by atoms with van der Waals surface area (Å²) in [5.74, 6) is 1.56. The van der Waals surface area contributed by atoms with E-state index in [0.29, 0.717) is 23.9 Å². The largest absolute Gasteiger partial charge is 0.467 e. The molecule has 166 valence electrons. The topological polar surface area (TPSA) is 84.1 Å². The molecule has 1 aliphatic carbocycles. The van der Waals surface area contributed by atoms with Gasteiger partial charge in [0, 0.05) is 22.3 Å². The average molecular weight is 433 g/mol. The Balaban J connectivity index is 1.47. The monoisotopic (exact) mass is 432 g/mol. The molecular weight excluding hydrogens is 404 g/mol. The predicted octanol–water partition coefficient (Wildman–Crippen LogP) is 4.32. The van der Waals surface area contributed by atoms with Crippen LogP contribution >= 0.6 is 0 Å². The van der Waals surface area contributed by atoms with E-state index in [2.05, 4.69) is 23.9 Å². The maximum atomic E-state index is 13.5. The Labute approximate surface area is 186 Å². The molecule has 5 rings (SSSR count). The fraction of sp³-hybridized carbons (Fsp3) is 0.400. The van der Waals surface area contributed by atoms with Crippen LogP contribution < -0.4 is 5.56 Å². The second kappa shape index (κ2) is 8.30. The van der Waals surface area contributed by atoms with Crippen molar-refractivity contribution in [3.8, 4) is 0 Å². The highest BCUT2D eigenvalue weighted by Gasteiger charge is 2.34. The van der Waals surface area contributed by atoms with E-state index in [1.54, 1.807) is 12.5 Å². The molecule has 1 amide bonds. The lowest BCUT2D eigenvalue weighted by Gasteiger charge is -2.41. The number of carbonyl (C=O) groups is 1. The summed E-state index contributed by atoms with van der Waals surface area (Å²) < 4.78 is 6.82. The van der Waals surface area contributed by atoms with Crippen LogP contribution in [0.2, 0.25) is 0 Å². The Morgan fingerprint density at radius 1 is 1.19 bits per heavy atom. The first kappa shape index (κ1) is 20.5. The molecule has 1 fully saturated rings. The number of nitrogens with one attached hydrogen (secondary N) is 1. The van der Waals surface area contributed by atoms with E-state index in [1.165, 1.54) is 11.1 Å². The number of aromatic nitrogens is 3. The van der Waals surface area contributed by atoms with Crippen LogP contribution in [0.1, 0.15) is 38.9 Å². The van der Waals surface area contributed by atoms with Gasteiger partial charge in [-0.3, -0.25) is 9.59 Å². The molecule has 0 bridgehead atoms. The Kier molecular flexibility index (Phi) is 5.33.